The number of rotatable bonds is 5. The number of phenols is 1. The van der Waals surface area contributed by atoms with E-state index in [-0.39, 0.29) is 18.3 Å². The number of carbonyl (C=O) groups excluding carboxylic acids is 1. The molecule has 0 aliphatic rings. The molecule has 0 atom stereocenters. The van der Waals surface area contributed by atoms with Crippen LogP contribution in [0.25, 0.3) is 0 Å². The van der Waals surface area contributed by atoms with E-state index < -0.39 is 0 Å². The first kappa shape index (κ1) is 18.0. The van der Waals surface area contributed by atoms with Crippen molar-refractivity contribution in [1.29, 1.82) is 0 Å². The quantitative estimate of drug-likeness (QED) is 0.604. The topological polar surface area (TPSA) is 70.9 Å². The zero-order valence-electron chi connectivity index (χ0n) is 13.8. The molecule has 0 aromatic heterocycles. The average Bonchev–Trinajstić information content (AvgIpc) is 2.51. The molecule has 126 valence electrons. The van der Waals surface area contributed by atoms with Gasteiger partial charge < -0.3 is 9.84 Å². The molecule has 6 heteroatoms. The van der Waals surface area contributed by atoms with Gasteiger partial charge in [0.05, 0.1) is 6.21 Å². The van der Waals surface area contributed by atoms with Crippen LogP contribution in [0.4, 0.5) is 0 Å². The number of nitrogens with one attached hydrogen (secondary N) is 1. The van der Waals surface area contributed by atoms with Gasteiger partial charge in [-0.1, -0.05) is 34.1 Å². The van der Waals surface area contributed by atoms with Gasteiger partial charge in [0.25, 0.3) is 5.91 Å². The summed E-state index contributed by atoms with van der Waals surface area (Å²) in [7, 11) is 0. The molecule has 2 rings (SSSR count). The fraction of sp³-hybridized carbons (Fsp3) is 0.222. The second-order valence-electron chi connectivity index (χ2n) is 5.46. The van der Waals surface area contributed by atoms with E-state index in [4.69, 9.17) is 4.74 Å². The van der Waals surface area contributed by atoms with Crippen LogP contribution < -0.4 is 10.2 Å². The maximum absolute atomic E-state index is 11.8. The fourth-order valence-electron chi connectivity index (χ4n) is 2.23. The molecule has 1 amide bonds. The van der Waals surface area contributed by atoms with Crippen molar-refractivity contribution in [3.8, 4) is 11.5 Å². The molecule has 2 aromatic carbocycles. The van der Waals surface area contributed by atoms with Crippen LogP contribution >= 0.6 is 15.9 Å². The Balaban J connectivity index is 1.94. The summed E-state index contributed by atoms with van der Waals surface area (Å²) in [4.78, 5) is 11.8. The van der Waals surface area contributed by atoms with Crippen LogP contribution in [0.3, 0.4) is 0 Å². The summed E-state index contributed by atoms with van der Waals surface area (Å²) in [6.45, 7) is 5.51. The number of para-hydroxylation sites is 1. The number of aryl methyl sites for hydroxylation is 3. The highest BCUT2D eigenvalue weighted by Crippen LogP contribution is 2.25. The Morgan fingerprint density at radius 1 is 1.25 bits per heavy atom. The Morgan fingerprint density at radius 2 is 1.92 bits per heavy atom. The number of aromatic hydroxyl groups is 1. The Hall–Kier alpha value is -2.34. The van der Waals surface area contributed by atoms with E-state index in [1.54, 1.807) is 19.1 Å². The lowest BCUT2D eigenvalue weighted by Crippen LogP contribution is -2.25. The van der Waals surface area contributed by atoms with E-state index >= 15 is 0 Å². The Labute approximate surface area is 149 Å². The number of hydrogen-bond acceptors (Lipinski definition) is 4. The lowest BCUT2D eigenvalue weighted by molar-refractivity contribution is -0.123. The lowest BCUT2D eigenvalue weighted by Gasteiger charge is -2.10. The van der Waals surface area contributed by atoms with Crippen molar-refractivity contribution in [2.24, 2.45) is 5.10 Å². The number of amides is 1. The molecule has 0 saturated heterocycles. The number of carbonyl (C=O) groups is 1. The molecule has 5 nitrogen and oxygen atoms in total. The van der Waals surface area contributed by atoms with Gasteiger partial charge in [-0.15, -0.1) is 0 Å². The first-order chi connectivity index (χ1) is 11.4. The van der Waals surface area contributed by atoms with Gasteiger partial charge in [0.15, 0.2) is 6.61 Å². The summed E-state index contributed by atoms with van der Waals surface area (Å²) in [5, 5.41) is 13.8. The van der Waals surface area contributed by atoms with Crippen LogP contribution in [-0.4, -0.2) is 23.8 Å². The second kappa shape index (κ2) is 7.97. The molecule has 0 radical (unpaired) electrons. The van der Waals surface area contributed by atoms with E-state index in [2.05, 4.69) is 26.5 Å². The maximum Gasteiger partial charge on any atom is 0.277 e. The average molecular weight is 391 g/mol. The van der Waals surface area contributed by atoms with E-state index in [9.17, 15) is 9.90 Å². The molecule has 0 aliphatic carbocycles. The van der Waals surface area contributed by atoms with Crippen LogP contribution in [0.15, 0.2) is 39.9 Å². The number of benzene rings is 2. The van der Waals surface area contributed by atoms with Crippen molar-refractivity contribution in [2.45, 2.75) is 20.8 Å². The van der Waals surface area contributed by atoms with Crippen molar-refractivity contribution in [3.63, 3.8) is 0 Å². The Morgan fingerprint density at radius 3 is 2.58 bits per heavy atom. The number of ether oxygens (including phenoxy) is 1. The second-order valence-corrected chi connectivity index (χ2v) is 6.38. The van der Waals surface area contributed by atoms with Crippen molar-refractivity contribution >= 4 is 28.1 Å². The van der Waals surface area contributed by atoms with Crippen LogP contribution in [0, 0.1) is 20.8 Å². The van der Waals surface area contributed by atoms with Gasteiger partial charge in [0.1, 0.15) is 11.5 Å². The first-order valence-electron chi connectivity index (χ1n) is 7.38. The standard InChI is InChI=1S/C18H19BrN2O3/c1-11-5-4-6-12(2)18(11)24-10-16(22)21-20-9-14-8-15(19)7-13(3)17(14)23/h4-9,23H,10H2,1-3H3,(H,21,22)/b20-9+. The minimum absolute atomic E-state index is 0.128. The largest absolute Gasteiger partial charge is 0.507 e. The van der Waals surface area contributed by atoms with E-state index in [0.29, 0.717) is 11.3 Å². The fourth-order valence-corrected chi connectivity index (χ4v) is 2.82. The van der Waals surface area contributed by atoms with Crippen LogP contribution in [0.5, 0.6) is 11.5 Å². The lowest BCUT2D eigenvalue weighted by atomic mass is 10.1. The highest BCUT2D eigenvalue weighted by Gasteiger charge is 2.07. The highest BCUT2D eigenvalue weighted by atomic mass is 79.9. The molecule has 0 bridgehead atoms. The van der Waals surface area contributed by atoms with Crippen LogP contribution in [0.2, 0.25) is 0 Å². The molecule has 0 saturated carbocycles. The maximum atomic E-state index is 11.8. The molecule has 2 N–H and O–H groups in total. The van der Waals surface area contributed by atoms with Crippen LogP contribution in [-0.2, 0) is 4.79 Å². The zero-order chi connectivity index (χ0) is 17.7. The number of phenolic OH excluding ortho intramolecular Hbond substituents is 1. The molecule has 24 heavy (non-hydrogen) atoms. The minimum Gasteiger partial charge on any atom is -0.507 e. The number of hydrogen-bond donors (Lipinski definition) is 2. The molecular weight excluding hydrogens is 372 g/mol. The molecular formula is C18H19BrN2O3. The predicted octanol–water partition coefficient (Wildman–Crippen LogP) is 3.61. The van der Waals surface area contributed by atoms with E-state index in [0.717, 1.165) is 21.2 Å². The van der Waals surface area contributed by atoms with Gasteiger partial charge in [-0.25, -0.2) is 5.43 Å². The summed E-state index contributed by atoms with van der Waals surface area (Å²) >= 11 is 3.35. The van der Waals surface area contributed by atoms with Gasteiger partial charge in [0.2, 0.25) is 0 Å². The molecule has 0 unspecified atom stereocenters. The van der Waals surface area contributed by atoms with Crippen molar-refractivity contribution in [2.75, 3.05) is 6.61 Å². The van der Waals surface area contributed by atoms with Gasteiger partial charge in [-0.2, -0.15) is 5.10 Å². The monoisotopic (exact) mass is 390 g/mol. The third kappa shape index (κ3) is 4.58. The summed E-state index contributed by atoms with van der Waals surface area (Å²) in [6, 6.07) is 9.30. The zero-order valence-corrected chi connectivity index (χ0v) is 15.3. The molecule has 0 aliphatic heterocycles. The highest BCUT2D eigenvalue weighted by molar-refractivity contribution is 9.10. The van der Waals surface area contributed by atoms with E-state index in [1.807, 2.05) is 32.0 Å². The van der Waals surface area contributed by atoms with Gasteiger partial charge >= 0.3 is 0 Å². The number of hydrazone groups is 1. The smallest absolute Gasteiger partial charge is 0.277 e. The van der Waals surface area contributed by atoms with Crippen molar-refractivity contribution in [3.05, 3.63) is 57.1 Å². The Bertz CT molecular complexity index is 768. The summed E-state index contributed by atoms with van der Waals surface area (Å²) in [5.74, 6) is 0.458. The molecule has 0 fully saturated rings. The number of halogens is 1. The summed E-state index contributed by atoms with van der Waals surface area (Å²) in [5.41, 5.74) is 5.56. The van der Waals surface area contributed by atoms with Gasteiger partial charge in [-0.3, -0.25) is 4.79 Å². The van der Waals surface area contributed by atoms with Crippen LogP contribution in [0.1, 0.15) is 22.3 Å². The summed E-state index contributed by atoms with van der Waals surface area (Å²) in [6.07, 6.45) is 1.39. The Kier molecular flexibility index (Phi) is 5.98. The predicted molar refractivity (Wildman–Crippen MR) is 97.7 cm³/mol. The van der Waals surface area contributed by atoms with Crippen molar-refractivity contribution < 1.29 is 14.6 Å². The first-order valence-corrected chi connectivity index (χ1v) is 8.18. The molecule has 0 spiro atoms. The van der Waals surface area contributed by atoms with Gasteiger partial charge in [-0.05, 0) is 49.6 Å². The third-order valence-electron chi connectivity index (χ3n) is 3.44. The summed E-state index contributed by atoms with van der Waals surface area (Å²) < 4.78 is 6.37. The molecule has 0 heterocycles. The minimum atomic E-state index is -0.375. The third-order valence-corrected chi connectivity index (χ3v) is 3.90. The number of nitrogens with zero attached hydrogens (tertiary/aromatic N) is 1. The molecule has 2 aromatic rings. The van der Waals surface area contributed by atoms with Crippen molar-refractivity contribution in [1.82, 2.24) is 5.43 Å². The SMILES string of the molecule is Cc1cc(Br)cc(/C=N/NC(=O)COc2c(C)cccc2C)c1O. The van der Waals surface area contributed by atoms with Gasteiger partial charge in [0, 0.05) is 10.0 Å². The normalized spacial score (nSPS) is 10.8. The van der Waals surface area contributed by atoms with E-state index in [1.165, 1.54) is 6.21 Å².